The van der Waals surface area contributed by atoms with Crippen molar-refractivity contribution in [1.29, 1.82) is 0 Å². The second-order valence-corrected chi connectivity index (χ2v) is 21.7. The van der Waals surface area contributed by atoms with Crippen LogP contribution in [0.25, 0.3) is 0 Å². The molecule has 0 radical (unpaired) electrons. The molecule has 2 nitrogen and oxygen atoms in total. The van der Waals surface area contributed by atoms with Gasteiger partial charge in [-0.15, -0.1) is 0 Å². The first-order chi connectivity index (χ1) is 9.22. The molecule has 0 amide bonds. The van der Waals surface area contributed by atoms with Gasteiger partial charge in [-0.1, -0.05) is 0 Å². The van der Waals surface area contributed by atoms with Crippen molar-refractivity contribution in [3.05, 3.63) is 59.7 Å². The average Bonchev–Trinajstić information content (AvgIpc) is 2.88. The van der Waals surface area contributed by atoms with Crippen LogP contribution in [0, 0.1) is 0 Å². The molecule has 94 valence electrons. The topological polar surface area (TPSA) is 34.1 Å². The van der Waals surface area contributed by atoms with E-state index in [9.17, 15) is 9.59 Å². The predicted molar refractivity (Wildman–Crippen MR) is 81.7 cm³/mol. The van der Waals surface area contributed by atoms with Gasteiger partial charge in [0.25, 0.3) is 0 Å². The van der Waals surface area contributed by atoms with Gasteiger partial charge in [0, 0.05) is 0 Å². The number of benzene rings is 2. The third-order valence-electron chi connectivity index (χ3n) is 3.18. The van der Waals surface area contributed by atoms with E-state index in [0.717, 1.165) is 18.3 Å². The van der Waals surface area contributed by atoms with Gasteiger partial charge in [0.1, 0.15) is 0 Å². The van der Waals surface area contributed by atoms with Gasteiger partial charge in [0.15, 0.2) is 0 Å². The molecule has 1 spiro atoms. The standard InChI is InChI=1S/C14H8O2S2Te/c15-13-9-5-1-3-7-11(9)19(17-13)12-8-4-2-6-10(12)14(16)18-19/h1-8H. The second kappa shape index (κ2) is 4.13. The number of hydrogen-bond acceptors (Lipinski definition) is 4. The van der Waals surface area contributed by atoms with E-state index < -0.39 is 15.4 Å². The van der Waals surface area contributed by atoms with Crippen LogP contribution in [0.5, 0.6) is 0 Å². The van der Waals surface area contributed by atoms with E-state index in [4.69, 9.17) is 0 Å². The molecule has 4 rings (SSSR count). The van der Waals surface area contributed by atoms with Crippen molar-refractivity contribution < 1.29 is 9.59 Å². The van der Waals surface area contributed by atoms with Crippen LogP contribution in [-0.4, -0.2) is 25.7 Å². The first-order valence-electron chi connectivity index (χ1n) is 5.71. The summed E-state index contributed by atoms with van der Waals surface area (Å²) in [4.78, 5) is 24.5. The summed E-state index contributed by atoms with van der Waals surface area (Å²) in [6.07, 6.45) is 0. The number of hydrogen-bond donors (Lipinski definition) is 0. The molecular formula is C14H8O2S2Te. The van der Waals surface area contributed by atoms with Crippen LogP contribution in [0.3, 0.4) is 0 Å². The molecule has 2 aromatic rings. The molecule has 0 aromatic heterocycles. The molecule has 2 heterocycles. The molecule has 0 saturated heterocycles. The molecule has 0 N–H and O–H groups in total. The quantitative estimate of drug-likeness (QED) is 0.635. The number of carbonyl (C=O) groups excluding carboxylic acids is 2. The zero-order chi connectivity index (χ0) is 13.0. The molecule has 2 aliphatic rings. The molecule has 0 aliphatic carbocycles. The molecule has 0 bridgehead atoms. The minimum atomic E-state index is -2.94. The molecule has 19 heavy (non-hydrogen) atoms. The zero-order valence-electron chi connectivity index (χ0n) is 9.66. The van der Waals surface area contributed by atoms with Crippen LogP contribution in [0.15, 0.2) is 48.5 Å². The summed E-state index contributed by atoms with van der Waals surface area (Å²) in [6, 6.07) is 15.6. The van der Waals surface area contributed by atoms with Crippen molar-refractivity contribution in [1.82, 2.24) is 0 Å². The summed E-state index contributed by atoms with van der Waals surface area (Å²) in [5.41, 5.74) is 1.62. The molecule has 2 aromatic carbocycles. The van der Waals surface area contributed by atoms with E-state index in [1.54, 1.807) is 0 Å². The molecule has 0 fully saturated rings. The Labute approximate surface area is 119 Å². The molecule has 0 atom stereocenters. The summed E-state index contributed by atoms with van der Waals surface area (Å²) in [5, 5.41) is 0.266. The van der Waals surface area contributed by atoms with Crippen molar-refractivity contribution in [3.8, 4) is 0 Å². The Morgan fingerprint density at radius 2 is 1.11 bits per heavy atom. The summed E-state index contributed by atoms with van der Waals surface area (Å²) in [5.74, 6) is 0. The maximum atomic E-state index is 12.2. The Balaban J connectivity index is 2.05. The van der Waals surface area contributed by atoms with E-state index in [1.165, 1.54) is 18.0 Å². The summed E-state index contributed by atoms with van der Waals surface area (Å²) in [6.45, 7) is 0. The number of rotatable bonds is 0. The minimum absolute atomic E-state index is 0.133. The fourth-order valence-electron chi connectivity index (χ4n) is 2.36. The third kappa shape index (κ3) is 1.53. The van der Waals surface area contributed by atoms with Crippen LogP contribution in [0.2, 0.25) is 0 Å². The molecule has 0 saturated carbocycles. The van der Waals surface area contributed by atoms with Gasteiger partial charge in [-0.05, 0) is 0 Å². The van der Waals surface area contributed by atoms with E-state index in [2.05, 4.69) is 0 Å². The fraction of sp³-hybridized carbons (Fsp3) is 0. The van der Waals surface area contributed by atoms with Crippen molar-refractivity contribution in [2.45, 2.75) is 0 Å². The van der Waals surface area contributed by atoms with Crippen LogP contribution < -0.4 is 7.22 Å². The van der Waals surface area contributed by atoms with Gasteiger partial charge >= 0.3 is 120 Å². The van der Waals surface area contributed by atoms with Gasteiger partial charge in [-0.25, -0.2) is 0 Å². The van der Waals surface area contributed by atoms with E-state index >= 15 is 0 Å². The zero-order valence-corrected chi connectivity index (χ0v) is 13.6. The fourth-order valence-corrected chi connectivity index (χ4v) is 24.5. The van der Waals surface area contributed by atoms with E-state index in [1.807, 2.05) is 48.5 Å². The summed E-state index contributed by atoms with van der Waals surface area (Å²) in [7, 11) is 2.89. The Bertz CT molecular complexity index is 678. The van der Waals surface area contributed by atoms with Crippen molar-refractivity contribution >= 4 is 50.9 Å². The van der Waals surface area contributed by atoms with E-state index in [-0.39, 0.29) is 10.2 Å². The maximum absolute atomic E-state index is 12.2. The molecule has 2 aliphatic heterocycles. The Morgan fingerprint density at radius 1 is 0.684 bits per heavy atom. The molecule has 5 heteroatoms. The number of fused-ring (bicyclic) bond motifs is 4. The van der Waals surface area contributed by atoms with Gasteiger partial charge in [0.2, 0.25) is 0 Å². The van der Waals surface area contributed by atoms with Gasteiger partial charge in [-0.3, -0.25) is 0 Å². The normalized spacial score (nSPS) is 20.4. The molecule has 0 unspecified atom stereocenters. The Morgan fingerprint density at radius 3 is 1.58 bits per heavy atom. The van der Waals surface area contributed by atoms with Crippen molar-refractivity contribution in [3.63, 3.8) is 0 Å². The van der Waals surface area contributed by atoms with E-state index in [0.29, 0.717) is 0 Å². The summed E-state index contributed by atoms with van der Waals surface area (Å²) >= 11 is -2.94. The Hall–Kier alpha value is -0.730. The van der Waals surface area contributed by atoms with Crippen molar-refractivity contribution in [2.75, 3.05) is 0 Å². The number of carbonyl (C=O) groups is 2. The van der Waals surface area contributed by atoms with Crippen molar-refractivity contribution in [2.24, 2.45) is 0 Å². The summed E-state index contributed by atoms with van der Waals surface area (Å²) < 4.78 is 2.28. The van der Waals surface area contributed by atoms with Crippen LogP contribution in [0.4, 0.5) is 0 Å². The average molecular weight is 400 g/mol. The van der Waals surface area contributed by atoms with Crippen LogP contribution >= 0.6 is 18.0 Å². The van der Waals surface area contributed by atoms with Gasteiger partial charge < -0.3 is 0 Å². The Kier molecular flexibility index (Phi) is 2.62. The first kappa shape index (κ1) is 12.0. The molecular weight excluding hydrogens is 392 g/mol. The third-order valence-corrected chi connectivity index (χ3v) is 23.9. The van der Waals surface area contributed by atoms with Gasteiger partial charge in [-0.2, -0.15) is 0 Å². The SMILES string of the molecule is O=C1S[Te]2(SC(=O)c3ccccc32)c2ccccc21. The predicted octanol–water partition coefficient (Wildman–Crippen LogP) is 2.02. The van der Waals surface area contributed by atoms with Crippen LogP contribution in [0.1, 0.15) is 20.7 Å². The monoisotopic (exact) mass is 402 g/mol. The van der Waals surface area contributed by atoms with Gasteiger partial charge in [0.05, 0.1) is 0 Å². The van der Waals surface area contributed by atoms with Crippen LogP contribution in [-0.2, 0) is 0 Å². The second-order valence-electron chi connectivity index (χ2n) is 4.24. The first-order valence-corrected chi connectivity index (χ1v) is 15.2.